The molecule has 2 N–H and O–H groups in total. The molecule has 0 spiro atoms. The van der Waals surface area contributed by atoms with E-state index in [-0.39, 0.29) is 0 Å². The molecular formula is C13H22N2O3S. The molecule has 2 atom stereocenters. The van der Waals surface area contributed by atoms with E-state index >= 15 is 0 Å². The normalized spacial score (nSPS) is 15.1. The van der Waals surface area contributed by atoms with E-state index < -0.39 is 21.1 Å². The summed E-state index contributed by atoms with van der Waals surface area (Å²) in [5.74, 6) is 0.782. The largest absolute Gasteiger partial charge is 0.496 e. The molecule has 0 radical (unpaired) electrons. The van der Waals surface area contributed by atoms with E-state index in [9.17, 15) is 8.42 Å². The first-order valence-electron chi connectivity index (χ1n) is 6.12. The quantitative estimate of drug-likeness (QED) is 0.873. The molecule has 0 aliphatic heterocycles. The van der Waals surface area contributed by atoms with Gasteiger partial charge in [-0.1, -0.05) is 0 Å². The minimum atomic E-state index is -3.14. The van der Waals surface area contributed by atoms with Crippen LogP contribution in [0, 0.1) is 13.8 Å². The Morgan fingerprint density at radius 3 is 2.47 bits per heavy atom. The fourth-order valence-corrected chi connectivity index (χ4v) is 2.71. The van der Waals surface area contributed by atoms with Gasteiger partial charge in [0.1, 0.15) is 5.75 Å². The summed E-state index contributed by atoms with van der Waals surface area (Å²) in [7, 11) is -1.53. The van der Waals surface area contributed by atoms with Gasteiger partial charge in [-0.2, -0.15) is 0 Å². The Bertz CT molecular complexity index is 555. The second-order valence-corrected chi connectivity index (χ2v) is 7.35. The molecule has 0 bridgehead atoms. The summed E-state index contributed by atoms with van der Waals surface area (Å²) in [5, 5.41) is -0.596. The number of nitrogens with zero attached hydrogens (tertiary/aromatic N) is 1. The Labute approximate surface area is 115 Å². The first kappa shape index (κ1) is 15.9. The summed E-state index contributed by atoms with van der Waals surface area (Å²) in [6, 6.07) is -0.478. The van der Waals surface area contributed by atoms with Crippen LogP contribution in [0.3, 0.4) is 0 Å². The van der Waals surface area contributed by atoms with Crippen molar-refractivity contribution in [2.75, 3.05) is 13.4 Å². The van der Waals surface area contributed by atoms with E-state index in [0.29, 0.717) is 6.42 Å². The minimum absolute atomic E-state index is 0.413. The standard InChI is InChI=1S/C13H22N2O3S/c1-8-7-15-12(9(2)13(8)18-4)6-11(14)10(3)19(5,16)17/h7,10-11H,6,14H2,1-5H3. The van der Waals surface area contributed by atoms with Crippen LogP contribution in [0.4, 0.5) is 0 Å². The van der Waals surface area contributed by atoms with Gasteiger partial charge < -0.3 is 10.5 Å². The van der Waals surface area contributed by atoms with Crippen molar-refractivity contribution in [2.45, 2.75) is 38.5 Å². The van der Waals surface area contributed by atoms with Crippen molar-refractivity contribution in [3.8, 4) is 5.75 Å². The zero-order chi connectivity index (χ0) is 14.8. The highest BCUT2D eigenvalue weighted by molar-refractivity contribution is 7.91. The highest BCUT2D eigenvalue weighted by Crippen LogP contribution is 2.25. The van der Waals surface area contributed by atoms with Gasteiger partial charge in [0.15, 0.2) is 9.84 Å². The lowest BCUT2D eigenvalue weighted by Gasteiger charge is -2.20. The van der Waals surface area contributed by atoms with E-state index in [0.717, 1.165) is 22.6 Å². The second-order valence-electron chi connectivity index (χ2n) is 4.95. The molecule has 0 fully saturated rings. The molecule has 0 saturated heterocycles. The van der Waals surface area contributed by atoms with Crippen molar-refractivity contribution in [1.82, 2.24) is 4.98 Å². The Morgan fingerprint density at radius 2 is 2.00 bits per heavy atom. The number of rotatable bonds is 5. The van der Waals surface area contributed by atoms with Crippen LogP contribution in [0.5, 0.6) is 5.75 Å². The maximum absolute atomic E-state index is 11.5. The van der Waals surface area contributed by atoms with Crippen molar-refractivity contribution >= 4 is 9.84 Å². The molecule has 6 heteroatoms. The lowest BCUT2D eigenvalue weighted by Crippen LogP contribution is -2.39. The monoisotopic (exact) mass is 286 g/mol. The summed E-state index contributed by atoms with van der Waals surface area (Å²) < 4.78 is 28.3. The molecular weight excluding hydrogens is 264 g/mol. The summed E-state index contributed by atoms with van der Waals surface area (Å²) in [6.45, 7) is 5.45. The van der Waals surface area contributed by atoms with Gasteiger partial charge >= 0.3 is 0 Å². The third kappa shape index (κ3) is 3.67. The molecule has 0 amide bonds. The smallest absolute Gasteiger partial charge is 0.151 e. The van der Waals surface area contributed by atoms with Crippen LogP contribution in [-0.4, -0.2) is 38.1 Å². The van der Waals surface area contributed by atoms with Crippen molar-refractivity contribution < 1.29 is 13.2 Å². The van der Waals surface area contributed by atoms with Crippen molar-refractivity contribution in [1.29, 1.82) is 0 Å². The van der Waals surface area contributed by atoms with E-state index in [1.54, 1.807) is 20.2 Å². The van der Waals surface area contributed by atoms with Crippen LogP contribution < -0.4 is 10.5 Å². The van der Waals surface area contributed by atoms with Crippen LogP contribution in [-0.2, 0) is 16.3 Å². The van der Waals surface area contributed by atoms with E-state index in [2.05, 4.69) is 4.98 Å². The van der Waals surface area contributed by atoms with Crippen molar-refractivity contribution in [3.63, 3.8) is 0 Å². The number of hydrogen-bond acceptors (Lipinski definition) is 5. The first-order valence-corrected chi connectivity index (χ1v) is 8.07. The van der Waals surface area contributed by atoms with E-state index in [1.807, 2.05) is 13.8 Å². The van der Waals surface area contributed by atoms with E-state index in [1.165, 1.54) is 6.26 Å². The second kappa shape index (κ2) is 5.88. The fourth-order valence-electron chi connectivity index (χ4n) is 1.98. The molecule has 19 heavy (non-hydrogen) atoms. The molecule has 1 aromatic heterocycles. The molecule has 0 saturated carbocycles. The summed E-state index contributed by atoms with van der Waals surface area (Å²) in [5.41, 5.74) is 8.62. The zero-order valence-electron chi connectivity index (χ0n) is 12.1. The average Bonchev–Trinajstić information content (AvgIpc) is 2.31. The van der Waals surface area contributed by atoms with Crippen molar-refractivity contribution in [2.24, 2.45) is 5.73 Å². The lowest BCUT2D eigenvalue weighted by atomic mass is 10.0. The molecule has 1 heterocycles. The number of sulfone groups is 1. The number of nitrogens with two attached hydrogens (primary N) is 1. The molecule has 2 unspecified atom stereocenters. The van der Waals surface area contributed by atoms with Crippen LogP contribution in [0.25, 0.3) is 0 Å². The molecule has 0 aliphatic rings. The van der Waals surface area contributed by atoms with Gasteiger partial charge in [-0.05, 0) is 20.8 Å². The Kier molecular flexibility index (Phi) is 4.92. The topological polar surface area (TPSA) is 82.3 Å². The summed E-state index contributed by atoms with van der Waals surface area (Å²) in [6.07, 6.45) is 3.34. The number of methoxy groups -OCH3 is 1. The third-order valence-electron chi connectivity index (χ3n) is 3.46. The molecule has 108 valence electrons. The SMILES string of the molecule is COc1c(C)cnc(CC(N)C(C)S(C)(=O)=O)c1C. The number of aryl methyl sites for hydroxylation is 1. The zero-order valence-corrected chi connectivity index (χ0v) is 12.9. The highest BCUT2D eigenvalue weighted by Gasteiger charge is 2.24. The molecule has 0 aliphatic carbocycles. The Hall–Kier alpha value is -1.14. The van der Waals surface area contributed by atoms with Crippen LogP contribution >= 0.6 is 0 Å². The maximum atomic E-state index is 11.5. The van der Waals surface area contributed by atoms with Crippen LogP contribution in [0.15, 0.2) is 6.20 Å². The fraction of sp³-hybridized carbons (Fsp3) is 0.615. The maximum Gasteiger partial charge on any atom is 0.151 e. The molecule has 1 rings (SSSR count). The summed E-state index contributed by atoms with van der Waals surface area (Å²) >= 11 is 0. The van der Waals surface area contributed by atoms with Gasteiger partial charge in [0.25, 0.3) is 0 Å². The first-order chi connectivity index (χ1) is 8.68. The van der Waals surface area contributed by atoms with Gasteiger partial charge in [-0.25, -0.2) is 8.42 Å². The number of aromatic nitrogens is 1. The predicted octanol–water partition coefficient (Wildman–Crippen LogP) is 1.01. The van der Waals surface area contributed by atoms with Gasteiger partial charge in [-0.15, -0.1) is 0 Å². The molecule has 0 aromatic carbocycles. The molecule has 1 aromatic rings. The Morgan fingerprint density at radius 1 is 1.42 bits per heavy atom. The third-order valence-corrected chi connectivity index (χ3v) is 5.16. The van der Waals surface area contributed by atoms with Gasteiger partial charge in [0.2, 0.25) is 0 Å². The summed E-state index contributed by atoms with van der Waals surface area (Å²) in [4.78, 5) is 4.34. The Balaban J connectivity index is 3.01. The van der Waals surface area contributed by atoms with E-state index in [4.69, 9.17) is 10.5 Å². The van der Waals surface area contributed by atoms with Gasteiger partial charge in [0.05, 0.1) is 12.4 Å². The highest BCUT2D eigenvalue weighted by atomic mass is 32.2. The van der Waals surface area contributed by atoms with Crippen LogP contribution in [0.1, 0.15) is 23.7 Å². The van der Waals surface area contributed by atoms with Gasteiger partial charge in [-0.3, -0.25) is 4.98 Å². The van der Waals surface area contributed by atoms with Crippen LogP contribution in [0.2, 0.25) is 0 Å². The number of ether oxygens (including phenoxy) is 1. The van der Waals surface area contributed by atoms with Crippen molar-refractivity contribution in [3.05, 3.63) is 23.0 Å². The number of hydrogen-bond donors (Lipinski definition) is 1. The van der Waals surface area contributed by atoms with Gasteiger partial charge in [0, 0.05) is 41.7 Å². The predicted molar refractivity (Wildman–Crippen MR) is 76.2 cm³/mol. The average molecular weight is 286 g/mol. The lowest BCUT2D eigenvalue weighted by molar-refractivity contribution is 0.406. The number of pyridine rings is 1. The minimum Gasteiger partial charge on any atom is -0.496 e. The molecule has 5 nitrogen and oxygen atoms in total.